The zero-order chi connectivity index (χ0) is 13.9. The van der Waals surface area contributed by atoms with Crippen molar-refractivity contribution in [2.75, 3.05) is 0 Å². The van der Waals surface area contributed by atoms with Crippen molar-refractivity contribution in [3.8, 4) is 5.75 Å². The molecule has 20 heavy (non-hydrogen) atoms. The second kappa shape index (κ2) is 5.80. The van der Waals surface area contributed by atoms with Gasteiger partial charge in [0.25, 0.3) is 0 Å². The van der Waals surface area contributed by atoms with Crippen LogP contribution in [0.1, 0.15) is 38.3 Å². The van der Waals surface area contributed by atoms with Gasteiger partial charge in [0.1, 0.15) is 5.75 Å². The minimum atomic E-state index is -0.0533. The van der Waals surface area contributed by atoms with Gasteiger partial charge in [0, 0.05) is 11.5 Å². The molecular formula is C17H21NO2. The van der Waals surface area contributed by atoms with Crippen molar-refractivity contribution in [2.24, 2.45) is 5.92 Å². The summed E-state index contributed by atoms with van der Waals surface area (Å²) in [5.74, 6) is 1.60. The van der Waals surface area contributed by atoms with Gasteiger partial charge in [0.05, 0.1) is 23.9 Å². The van der Waals surface area contributed by atoms with Gasteiger partial charge in [-0.1, -0.05) is 25.5 Å². The van der Waals surface area contributed by atoms with Crippen LogP contribution in [0.2, 0.25) is 0 Å². The SMILES string of the molecule is CC1CCCC(Oc2cc(CO)nc3ccccc23)C1. The largest absolute Gasteiger partial charge is 0.490 e. The molecule has 0 spiro atoms. The quantitative estimate of drug-likeness (QED) is 0.926. The average molecular weight is 271 g/mol. The fourth-order valence-corrected chi connectivity index (χ4v) is 3.04. The van der Waals surface area contributed by atoms with Crippen molar-refractivity contribution in [3.05, 3.63) is 36.0 Å². The van der Waals surface area contributed by atoms with Crippen LogP contribution in [0.4, 0.5) is 0 Å². The molecule has 0 aliphatic heterocycles. The lowest BCUT2D eigenvalue weighted by Crippen LogP contribution is -2.24. The van der Waals surface area contributed by atoms with E-state index in [9.17, 15) is 5.11 Å². The molecule has 3 rings (SSSR count). The second-order valence-electron chi connectivity index (χ2n) is 5.80. The number of aliphatic hydroxyl groups excluding tert-OH is 1. The normalized spacial score (nSPS) is 22.9. The summed E-state index contributed by atoms with van der Waals surface area (Å²) >= 11 is 0. The highest BCUT2D eigenvalue weighted by atomic mass is 16.5. The van der Waals surface area contributed by atoms with Gasteiger partial charge in [-0.05, 0) is 37.3 Å². The van der Waals surface area contributed by atoms with Gasteiger partial charge in [-0.3, -0.25) is 4.98 Å². The Labute approximate surface area is 119 Å². The zero-order valence-corrected chi connectivity index (χ0v) is 11.9. The molecule has 2 atom stereocenters. The Morgan fingerprint density at radius 3 is 2.95 bits per heavy atom. The first-order valence-electron chi connectivity index (χ1n) is 7.42. The Morgan fingerprint density at radius 2 is 2.15 bits per heavy atom. The van der Waals surface area contributed by atoms with Gasteiger partial charge in [0.15, 0.2) is 0 Å². The van der Waals surface area contributed by atoms with Crippen molar-refractivity contribution in [1.82, 2.24) is 4.98 Å². The Kier molecular flexibility index (Phi) is 3.88. The topological polar surface area (TPSA) is 42.4 Å². The van der Waals surface area contributed by atoms with Crippen LogP contribution in [0.5, 0.6) is 5.75 Å². The molecule has 0 bridgehead atoms. The first kappa shape index (κ1) is 13.4. The van der Waals surface area contributed by atoms with Crippen LogP contribution in [0.3, 0.4) is 0 Å². The Hall–Kier alpha value is -1.61. The number of aliphatic hydroxyl groups is 1. The maximum absolute atomic E-state index is 9.35. The fraction of sp³-hybridized carbons (Fsp3) is 0.471. The van der Waals surface area contributed by atoms with E-state index in [0.29, 0.717) is 5.69 Å². The Morgan fingerprint density at radius 1 is 1.30 bits per heavy atom. The monoisotopic (exact) mass is 271 g/mol. The molecule has 1 saturated carbocycles. The molecule has 1 aliphatic carbocycles. The Bertz CT molecular complexity index is 597. The highest BCUT2D eigenvalue weighted by Gasteiger charge is 2.21. The van der Waals surface area contributed by atoms with Gasteiger partial charge in [-0.15, -0.1) is 0 Å². The van der Waals surface area contributed by atoms with E-state index >= 15 is 0 Å². The van der Waals surface area contributed by atoms with Crippen LogP contribution in [0.25, 0.3) is 10.9 Å². The molecule has 2 unspecified atom stereocenters. The van der Waals surface area contributed by atoms with Crippen molar-refractivity contribution in [2.45, 2.75) is 45.3 Å². The molecule has 1 aromatic carbocycles. The number of benzene rings is 1. The number of nitrogens with zero attached hydrogens (tertiary/aromatic N) is 1. The first-order valence-corrected chi connectivity index (χ1v) is 7.42. The maximum atomic E-state index is 9.35. The summed E-state index contributed by atoms with van der Waals surface area (Å²) in [7, 11) is 0. The zero-order valence-electron chi connectivity index (χ0n) is 11.9. The van der Waals surface area contributed by atoms with Crippen LogP contribution in [0.15, 0.2) is 30.3 Å². The predicted molar refractivity (Wildman–Crippen MR) is 79.7 cm³/mol. The lowest BCUT2D eigenvalue weighted by Gasteiger charge is -2.28. The standard InChI is InChI=1S/C17H21NO2/c1-12-5-4-6-14(9-12)20-17-10-13(11-19)18-16-8-3-2-7-15(16)17/h2-3,7-8,10,12,14,19H,4-6,9,11H2,1H3. The molecule has 1 aromatic heterocycles. The third-order valence-corrected chi connectivity index (χ3v) is 4.08. The fourth-order valence-electron chi connectivity index (χ4n) is 3.04. The molecule has 3 heteroatoms. The Balaban J connectivity index is 1.93. The van der Waals surface area contributed by atoms with E-state index in [4.69, 9.17) is 4.74 Å². The highest BCUT2D eigenvalue weighted by molar-refractivity contribution is 5.85. The van der Waals surface area contributed by atoms with E-state index in [1.807, 2.05) is 30.3 Å². The summed E-state index contributed by atoms with van der Waals surface area (Å²) in [5.41, 5.74) is 1.56. The number of hydrogen-bond donors (Lipinski definition) is 1. The summed E-state index contributed by atoms with van der Waals surface area (Å²) in [6.07, 6.45) is 5.07. The predicted octanol–water partition coefficient (Wildman–Crippen LogP) is 3.68. The average Bonchev–Trinajstić information content (AvgIpc) is 2.47. The lowest BCUT2D eigenvalue weighted by molar-refractivity contribution is 0.130. The van der Waals surface area contributed by atoms with Gasteiger partial charge < -0.3 is 9.84 Å². The third kappa shape index (κ3) is 2.78. The minimum absolute atomic E-state index is 0.0533. The van der Waals surface area contributed by atoms with Crippen LogP contribution in [-0.2, 0) is 6.61 Å². The number of ether oxygens (including phenoxy) is 1. The third-order valence-electron chi connectivity index (χ3n) is 4.08. The smallest absolute Gasteiger partial charge is 0.131 e. The maximum Gasteiger partial charge on any atom is 0.131 e. The van der Waals surface area contributed by atoms with E-state index in [-0.39, 0.29) is 12.7 Å². The van der Waals surface area contributed by atoms with Crippen LogP contribution in [-0.4, -0.2) is 16.2 Å². The van der Waals surface area contributed by atoms with Crippen molar-refractivity contribution < 1.29 is 9.84 Å². The van der Waals surface area contributed by atoms with Crippen LogP contribution < -0.4 is 4.74 Å². The summed E-state index contributed by atoms with van der Waals surface area (Å²) in [6, 6.07) is 9.83. The molecule has 1 fully saturated rings. The molecule has 0 radical (unpaired) electrons. The molecule has 1 heterocycles. The van der Waals surface area contributed by atoms with Crippen LogP contribution >= 0.6 is 0 Å². The molecular weight excluding hydrogens is 250 g/mol. The van der Waals surface area contributed by atoms with E-state index < -0.39 is 0 Å². The van der Waals surface area contributed by atoms with E-state index in [1.54, 1.807) is 0 Å². The van der Waals surface area contributed by atoms with Gasteiger partial charge in [-0.2, -0.15) is 0 Å². The summed E-state index contributed by atoms with van der Waals surface area (Å²) in [6.45, 7) is 2.24. The number of aromatic nitrogens is 1. The van der Waals surface area contributed by atoms with Gasteiger partial charge >= 0.3 is 0 Å². The number of rotatable bonds is 3. The molecule has 0 amide bonds. The molecule has 1 N–H and O–H groups in total. The first-order chi connectivity index (χ1) is 9.76. The van der Waals surface area contributed by atoms with Crippen molar-refractivity contribution in [3.63, 3.8) is 0 Å². The van der Waals surface area contributed by atoms with E-state index in [2.05, 4.69) is 11.9 Å². The van der Waals surface area contributed by atoms with Gasteiger partial charge in [0.2, 0.25) is 0 Å². The van der Waals surface area contributed by atoms with E-state index in [0.717, 1.165) is 35.4 Å². The van der Waals surface area contributed by atoms with Gasteiger partial charge in [-0.25, -0.2) is 0 Å². The molecule has 106 valence electrons. The van der Waals surface area contributed by atoms with Crippen molar-refractivity contribution >= 4 is 10.9 Å². The summed E-state index contributed by atoms with van der Waals surface area (Å²) < 4.78 is 6.23. The second-order valence-corrected chi connectivity index (χ2v) is 5.80. The molecule has 3 nitrogen and oxygen atoms in total. The van der Waals surface area contributed by atoms with Crippen LogP contribution in [0, 0.1) is 5.92 Å². The number of para-hydroxylation sites is 1. The minimum Gasteiger partial charge on any atom is -0.490 e. The molecule has 2 aromatic rings. The number of fused-ring (bicyclic) bond motifs is 1. The lowest BCUT2D eigenvalue weighted by atomic mass is 9.88. The van der Waals surface area contributed by atoms with E-state index in [1.165, 1.54) is 12.8 Å². The summed E-state index contributed by atoms with van der Waals surface area (Å²) in [4.78, 5) is 4.43. The summed E-state index contributed by atoms with van der Waals surface area (Å²) in [5, 5.41) is 10.4. The molecule has 0 saturated heterocycles. The number of hydrogen-bond acceptors (Lipinski definition) is 3. The number of pyridine rings is 1. The van der Waals surface area contributed by atoms with Crippen molar-refractivity contribution in [1.29, 1.82) is 0 Å². The molecule has 1 aliphatic rings. The highest BCUT2D eigenvalue weighted by Crippen LogP contribution is 2.31.